The average molecular weight is 282 g/mol. The lowest BCUT2D eigenvalue weighted by molar-refractivity contribution is 0.281. The van der Waals surface area contributed by atoms with Crippen molar-refractivity contribution in [3.63, 3.8) is 0 Å². The van der Waals surface area contributed by atoms with Gasteiger partial charge < -0.3 is 4.74 Å². The molecular weight excluding hydrogens is 258 g/mol. The van der Waals surface area contributed by atoms with Gasteiger partial charge in [-0.1, -0.05) is 64.3 Å². The van der Waals surface area contributed by atoms with E-state index in [0.717, 1.165) is 5.57 Å². The van der Waals surface area contributed by atoms with E-state index in [9.17, 15) is 8.78 Å². The maximum Gasteiger partial charge on any atom is 0.200 e. The predicted molar refractivity (Wildman–Crippen MR) is 83.6 cm³/mol. The summed E-state index contributed by atoms with van der Waals surface area (Å²) < 4.78 is 31.4. The third-order valence-corrected chi connectivity index (χ3v) is 1.91. The third-order valence-electron chi connectivity index (χ3n) is 1.91. The summed E-state index contributed by atoms with van der Waals surface area (Å²) >= 11 is 0. The van der Waals surface area contributed by atoms with Crippen molar-refractivity contribution in [1.82, 2.24) is 0 Å². The first-order chi connectivity index (χ1) is 9.22. The summed E-state index contributed by atoms with van der Waals surface area (Å²) in [6.07, 6.45) is 4.39. The predicted octanol–water partition coefficient (Wildman–Crippen LogP) is 5.96. The Morgan fingerprint density at radius 1 is 1.00 bits per heavy atom. The smallest absolute Gasteiger partial charge is 0.200 e. The van der Waals surface area contributed by atoms with E-state index in [1.807, 2.05) is 0 Å². The lowest BCUT2D eigenvalue weighted by atomic mass is 10.1. The Hall–Kier alpha value is -1.90. The van der Waals surface area contributed by atoms with Crippen LogP contribution in [0.5, 0.6) is 0 Å². The molecule has 0 heterocycles. The third kappa shape index (κ3) is 8.25. The molecule has 0 aromatic heterocycles. The Morgan fingerprint density at radius 3 is 1.80 bits per heavy atom. The highest BCUT2D eigenvalue weighted by Crippen LogP contribution is 2.26. The van der Waals surface area contributed by atoms with Gasteiger partial charge in [-0.25, -0.2) is 4.39 Å². The molecule has 0 unspecified atom stereocenters. The maximum atomic E-state index is 13.5. The molecule has 0 fully saturated rings. The SMILES string of the molecule is C=C(C)/C=C\C(=C)C(=C)/C(F)=C(/F)C(=C)OC.CCC. The van der Waals surface area contributed by atoms with Crippen LogP contribution in [0, 0.1) is 0 Å². The standard InChI is InChI=1S/C14H16F2O.C3H8/c1-9(2)7-8-10(3)11(4)13(15)14(16)12(5)17-6;1-3-2/h7-8H,1,3-5H2,2,6H3;3H2,1-2H3/b8-7-,14-13-;. The first-order valence-electron chi connectivity index (χ1n) is 6.23. The van der Waals surface area contributed by atoms with Crippen molar-refractivity contribution in [2.75, 3.05) is 7.11 Å². The van der Waals surface area contributed by atoms with Crippen molar-refractivity contribution in [1.29, 1.82) is 0 Å². The van der Waals surface area contributed by atoms with E-state index in [-0.39, 0.29) is 16.9 Å². The minimum Gasteiger partial charge on any atom is -0.494 e. The largest absolute Gasteiger partial charge is 0.494 e. The van der Waals surface area contributed by atoms with E-state index < -0.39 is 11.7 Å². The summed E-state index contributed by atoms with van der Waals surface area (Å²) in [5.74, 6) is -2.70. The summed E-state index contributed by atoms with van der Waals surface area (Å²) in [7, 11) is 1.20. The number of methoxy groups -OCH3 is 1. The van der Waals surface area contributed by atoms with Crippen molar-refractivity contribution in [3.8, 4) is 0 Å². The fourth-order valence-electron chi connectivity index (χ4n) is 0.829. The van der Waals surface area contributed by atoms with Crippen LogP contribution in [0.3, 0.4) is 0 Å². The molecule has 20 heavy (non-hydrogen) atoms. The molecular formula is C17H24F2O. The Balaban J connectivity index is 0. The van der Waals surface area contributed by atoms with Gasteiger partial charge in [-0.15, -0.1) is 0 Å². The zero-order valence-corrected chi connectivity index (χ0v) is 12.9. The topological polar surface area (TPSA) is 9.23 Å². The molecule has 0 atom stereocenters. The first-order valence-corrected chi connectivity index (χ1v) is 6.23. The number of hydrogen-bond donors (Lipinski definition) is 0. The van der Waals surface area contributed by atoms with Crippen molar-refractivity contribution in [3.05, 3.63) is 72.6 Å². The van der Waals surface area contributed by atoms with Gasteiger partial charge in [0.15, 0.2) is 5.83 Å². The maximum absolute atomic E-state index is 13.5. The van der Waals surface area contributed by atoms with Gasteiger partial charge in [-0.2, -0.15) is 4.39 Å². The average Bonchev–Trinajstić information content (AvgIpc) is 2.42. The number of ether oxygens (including phenoxy) is 1. The van der Waals surface area contributed by atoms with Gasteiger partial charge >= 0.3 is 0 Å². The first kappa shape index (κ1) is 20.4. The molecule has 0 aromatic carbocycles. The molecule has 0 amide bonds. The number of allylic oxidation sites excluding steroid dienone is 7. The fraction of sp³-hybridized carbons (Fsp3) is 0.294. The van der Waals surface area contributed by atoms with Crippen LogP contribution < -0.4 is 0 Å². The normalized spacial score (nSPS) is 11.1. The lowest BCUT2D eigenvalue weighted by Crippen LogP contribution is -1.93. The Kier molecular flexibility index (Phi) is 11.2. The molecule has 112 valence electrons. The van der Waals surface area contributed by atoms with Crippen molar-refractivity contribution < 1.29 is 13.5 Å². The second-order valence-corrected chi connectivity index (χ2v) is 4.15. The van der Waals surface area contributed by atoms with E-state index in [1.165, 1.54) is 19.6 Å². The molecule has 1 nitrogen and oxygen atoms in total. The van der Waals surface area contributed by atoms with Gasteiger partial charge in [0.2, 0.25) is 5.83 Å². The molecule has 0 aliphatic rings. The van der Waals surface area contributed by atoms with Crippen molar-refractivity contribution in [2.24, 2.45) is 0 Å². The van der Waals surface area contributed by atoms with Gasteiger partial charge in [0.05, 0.1) is 7.11 Å². The molecule has 0 N–H and O–H groups in total. The van der Waals surface area contributed by atoms with Gasteiger partial charge in [-0.3, -0.25) is 0 Å². The summed E-state index contributed by atoms with van der Waals surface area (Å²) in [4.78, 5) is 0. The van der Waals surface area contributed by atoms with Crippen molar-refractivity contribution >= 4 is 0 Å². The minimum atomic E-state index is -1.18. The molecule has 0 bridgehead atoms. The van der Waals surface area contributed by atoms with Crippen LogP contribution >= 0.6 is 0 Å². The highest BCUT2D eigenvalue weighted by Gasteiger charge is 2.14. The van der Waals surface area contributed by atoms with Crippen LogP contribution in [-0.4, -0.2) is 7.11 Å². The van der Waals surface area contributed by atoms with Crippen LogP contribution in [0.2, 0.25) is 0 Å². The summed E-state index contributed by atoms with van der Waals surface area (Å²) in [5, 5.41) is 0. The Morgan fingerprint density at radius 2 is 1.45 bits per heavy atom. The van der Waals surface area contributed by atoms with E-state index in [1.54, 1.807) is 13.0 Å². The van der Waals surface area contributed by atoms with Crippen LogP contribution in [0.1, 0.15) is 27.2 Å². The van der Waals surface area contributed by atoms with Crippen LogP contribution in [0.15, 0.2) is 72.6 Å². The quantitative estimate of drug-likeness (QED) is 0.431. The van der Waals surface area contributed by atoms with Crippen LogP contribution in [0.4, 0.5) is 8.78 Å². The summed E-state index contributed by atoms with van der Waals surface area (Å²) in [5.41, 5.74) is 0.868. The lowest BCUT2D eigenvalue weighted by Gasteiger charge is -2.06. The fourth-order valence-corrected chi connectivity index (χ4v) is 0.829. The van der Waals surface area contributed by atoms with E-state index in [4.69, 9.17) is 0 Å². The van der Waals surface area contributed by atoms with E-state index in [2.05, 4.69) is 44.9 Å². The molecule has 0 aliphatic heterocycles. The Bertz CT molecular complexity index is 440. The number of halogens is 2. The van der Waals surface area contributed by atoms with Crippen molar-refractivity contribution in [2.45, 2.75) is 27.2 Å². The monoisotopic (exact) mass is 282 g/mol. The molecule has 3 heteroatoms. The molecule has 0 spiro atoms. The molecule has 0 saturated heterocycles. The molecule has 0 saturated carbocycles. The van der Waals surface area contributed by atoms with Gasteiger partial charge in [0.25, 0.3) is 0 Å². The number of rotatable bonds is 6. The van der Waals surface area contributed by atoms with Gasteiger partial charge in [-0.05, 0) is 12.5 Å². The zero-order valence-electron chi connectivity index (χ0n) is 12.9. The van der Waals surface area contributed by atoms with Gasteiger partial charge in [0.1, 0.15) is 5.76 Å². The molecule has 0 rings (SSSR count). The summed E-state index contributed by atoms with van der Waals surface area (Å²) in [6, 6.07) is 0. The van der Waals surface area contributed by atoms with Gasteiger partial charge in [0, 0.05) is 5.57 Å². The second kappa shape index (κ2) is 11.0. The minimum absolute atomic E-state index is 0.154. The summed E-state index contributed by atoms with van der Waals surface area (Å²) in [6.45, 7) is 19.9. The second-order valence-electron chi connectivity index (χ2n) is 4.15. The molecule has 0 aliphatic carbocycles. The van der Waals surface area contributed by atoms with E-state index >= 15 is 0 Å². The van der Waals surface area contributed by atoms with E-state index in [0.29, 0.717) is 0 Å². The van der Waals surface area contributed by atoms with Crippen LogP contribution in [-0.2, 0) is 4.74 Å². The zero-order chi connectivity index (χ0) is 16.3. The number of hydrogen-bond acceptors (Lipinski definition) is 1. The Labute approximate surface area is 121 Å². The molecule has 0 aromatic rings. The molecule has 0 radical (unpaired) electrons. The highest BCUT2D eigenvalue weighted by molar-refractivity contribution is 5.49. The van der Waals surface area contributed by atoms with Crippen LogP contribution in [0.25, 0.3) is 0 Å². The highest BCUT2D eigenvalue weighted by atomic mass is 19.2.